The highest BCUT2D eigenvalue weighted by Crippen LogP contribution is 2.36. The molecule has 0 radical (unpaired) electrons. The zero-order chi connectivity index (χ0) is 11.6. The minimum absolute atomic E-state index is 0.156. The maximum absolute atomic E-state index is 12.7. The van der Waals surface area contributed by atoms with E-state index < -0.39 is 11.7 Å². The van der Waals surface area contributed by atoms with Crippen LogP contribution in [0, 0.1) is 0 Å². The molecule has 16 heavy (non-hydrogen) atoms. The van der Waals surface area contributed by atoms with E-state index in [1.807, 2.05) is 0 Å². The first kappa shape index (κ1) is 10.7. The van der Waals surface area contributed by atoms with Crippen LogP contribution >= 0.6 is 0 Å². The SMILES string of the molecule is FC(F)(F)c1cnccc1-c1ccccc1. The van der Waals surface area contributed by atoms with Crippen LogP contribution in [-0.4, -0.2) is 4.98 Å². The predicted octanol–water partition coefficient (Wildman–Crippen LogP) is 3.77. The third-order valence-corrected chi connectivity index (χ3v) is 2.21. The fourth-order valence-corrected chi connectivity index (χ4v) is 1.49. The van der Waals surface area contributed by atoms with E-state index in [0.29, 0.717) is 5.56 Å². The van der Waals surface area contributed by atoms with Crippen molar-refractivity contribution < 1.29 is 13.2 Å². The molecule has 0 unspecified atom stereocenters. The molecule has 1 heterocycles. The van der Waals surface area contributed by atoms with Crippen molar-refractivity contribution in [2.75, 3.05) is 0 Å². The van der Waals surface area contributed by atoms with Crippen molar-refractivity contribution in [3.63, 3.8) is 0 Å². The number of hydrogen-bond acceptors (Lipinski definition) is 1. The molecule has 2 aromatic rings. The molecule has 1 aromatic carbocycles. The van der Waals surface area contributed by atoms with Crippen LogP contribution in [-0.2, 0) is 6.18 Å². The normalized spacial score (nSPS) is 11.4. The molecule has 4 heteroatoms. The molecular formula is C12H8F3N. The Bertz CT molecular complexity index is 477. The first-order valence-electron chi connectivity index (χ1n) is 4.65. The monoisotopic (exact) mass is 223 g/mol. The number of hydrogen-bond donors (Lipinski definition) is 0. The second-order valence-corrected chi connectivity index (χ2v) is 3.29. The molecule has 1 aromatic heterocycles. The number of rotatable bonds is 1. The lowest BCUT2D eigenvalue weighted by Gasteiger charge is -2.11. The first-order valence-corrected chi connectivity index (χ1v) is 4.65. The number of halogens is 3. The van der Waals surface area contributed by atoms with Crippen LogP contribution in [0.25, 0.3) is 11.1 Å². The standard InChI is InChI=1S/C12H8F3N/c13-12(14,15)11-8-16-7-6-10(11)9-4-2-1-3-5-9/h1-8H. The van der Waals surface area contributed by atoms with Crippen molar-refractivity contribution in [3.8, 4) is 11.1 Å². The summed E-state index contributed by atoms with van der Waals surface area (Å²) in [5, 5.41) is 0. The molecule has 0 aliphatic heterocycles. The smallest absolute Gasteiger partial charge is 0.264 e. The van der Waals surface area contributed by atoms with Gasteiger partial charge in [0.25, 0.3) is 0 Å². The molecule has 0 N–H and O–H groups in total. The summed E-state index contributed by atoms with van der Waals surface area (Å²) in [6, 6.07) is 9.83. The fraction of sp³-hybridized carbons (Fsp3) is 0.0833. The van der Waals surface area contributed by atoms with Crippen LogP contribution in [0.1, 0.15) is 5.56 Å². The van der Waals surface area contributed by atoms with Crippen LogP contribution in [0.2, 0.25) is 0 Å². The van der Waals surface area contributed by atoms with Gasteiger partial charge in [-0.15, -0.1) is 0 Å². The Morgan fingerprint density at radius 1 is 0.938 bits per heavy atom. The summed E-state index contributed by atoms with van der Waals surface area (Å²) in [6.07, 6.45) is -2.17. The van der Waals surface area contributed by atoms with Gasteiger partial charge in [-0.2, -0.15) is 13.2 Å². The van der Waals surface area contributed by atoms with Crippen molar-refractivity contribution in [2.45, 2.75) is 6.18 Å². The summed E-state index contributed by atoms with van der Waals surface area (Å²) in [6.45, 7) is 0. The molecule has 82 valence electrons. The maximum Gasteiger partial charge on any atom is 0.418 e. The molecule has 0 spiro atoms. The van der Waals surface area contributed by atoms with Crippen molar-refractivity contribution in [1.29, 1.82) is 0 Å². The van der Waals surface area contributed by atoms with Gasteiger partial charge in [-0.05, 0) is 17.2 Å². The Morgan fingerprint density at radius 3 is 2.25 bits per heavy atom. The largest absolute Gasteiger partial charge is 0.418 e. The molecular weight excluding hydrogens is 215 g/mol. The third kappa shape index (κ3) is 2.05. The van der Waals surface area contributed by atoms with Gasteiger partial charge >= 0.3 is 6.18 Å². The average molecular weight is 223 g/mol. The summed E-state index contributed by atoms with van der Waals surface area (Å²) < 4.78 is 38.1. The minimum Gasteiger partial charge on any atom is -0.264 e. The van der Waals surface area contributed by atoms with Crippen molar-refractivity contribution in [1.82, 2.24) is 4.98 Å². The van der Waals surface area contributed by atoms with E-state index in [4.69, 9.17) is 0 Å². The highest BCUT2D eigenvalue weighted by Gasteiger charge is 2.33. The number of nitrogens with zero attached hydrogens (tertiary/aromatic N) is 1. The van der Waals surface area contributed by atoms with E-state index in [1.165, 1.54) is 12.3 Å². The number of aromatic nitrogens is 1. The predicted molar refractivity (Wildman–Crippen MR) is 54.7 cm³/mol. The molecule has 0 saturated heterocycles. The van der Waals surface area contributed by atoms with Crippen LogP contribution < -0.4 is 0 Å². The van der Waals surface area contributed by atoms with Gasteiger partial charge in [-0.3, -0.25) is 4.98 Å². The van der Waals surface area contributed by atoms with Crippen molar-refractivity contribution >= 4 is 0 Å². The molecule has 0 aliphatic carbocycles. The second-order valence-electron chi connectivity index (χ2n) is 3.29. The zero-order valence-corrected chi connectivity index (χ0v) is 8.20. The van der Waals surface area contributed by atoms with Gasteiger partial charge in [-0.25, -0.2) is 0 Å². The van der Waals surface area contributed by atoms with Gasteiger partial charge in [0.2, 0.25) is 0 Å². The maximum atomic E-state index is 12.7. The van der Waals surface area contributed by atoms with E-state index in [9.17, 15) is 13.2 Å². The van der Waals surface area contributed by atoms with Crippen LogP contribution in [0.5, 0.6) is 0 Å². The molecule has 0 bridgehead atoms. The Morgan fingerprint density at radius 2 is 1.62 bits per heavy atom. The van der Waals surface area contributed by atoms with E-state index in [1.54, 1.807) is 30.3 Å². The van der Waals surface area contributed by atoms with Gasteiger partial charge in [-0.1, -0.05) is 30.3 Å². The van der Waals surface area contributed by atoms with Gasteiger partial charge in [0.15, 0.2) is 0 Å². The number of alkyl halides is 3. The van der Waals surface area contributed by atoms with Gasteiger partial charge in [0, 0.05) is 12.4 Å². The van der Waals surface area contributed by atoms with Crippen molar-refractivity contribution in [3.05, 3.63) is 54.4 Å². The van der Waals surface area contributed by atoms with Gasteiger partial charge in [0.1, 0.15) is 0 Å². The Kier molecular flexibility index (Phi) is 2.64. The van der Waals surface area contributed by atoms with E-state index >= 15 is 0 Å². The Balaban J connectivity index is 2.58. The summed E-state index contributed by atoms with van der Waals surface area (Å²) in [7, 11) is 0. The Hall–Kier alpha value is -1.84. The van der Waals surface area contributed by atoms with Crippen LogP contribution in [0.3, 0.4) is 0 Å². The topological polar surface area (TPSA) is 12.9 Å². The third-order valence-electron chi connectivity index (χ3n) is 2.21. The molecule has 1 nitrogen and oxygen atoms in total. The summed E-state index contributed by atoms with van der Waals surface area (Å²) in [4.78, 5) is 3.52. The highest BCUT2D eigenvalue weighted by atomic mass is 19.4. The Labute approximate surface area is 90.6 Å². The summed E-state index contributed by atoms with van der Waals surface area (Å²) >= 11 is 0. The van der Waals surface area contributed by atoms with Gasteiger partial charge in [0.05, 0.1) is 5.56 Å². The first-order chi connectivity index (χ1) is 7.59. The van der Waals surface area contributed by atoms with E-state index in [2.05, 4.69) is 4.98 Å². The second kappa shape index (κ2) is 3.96. The molecule has 2 rings (SSSR count). The fourth-order valence-electron chi connectivity index (χ4n) is 1.49. The lowest BCUT2D eigenvalue weighted by Crippen LogP contribution is -2.07. The lowest BCUT2D eigenvalue weighted by atomic mass is 10.0. The minimum atomic E-state index is -4.38. The zero-order valence-electron chi connectivity index (χ0n) is 8.20. The van der Waals surface area contributed by atoms with E-state index in [0.717, 1.165) is 6.20 Å². The highest BCUT2D eigenvalue weighted by molar-refractivity contribution is 5.67. The summed E-state index contributed by atoms with van der Waals surface area (Å²) in [5.74, 6) is 0. The van der Waals surface area contributed by atoms with Crippen LogP contribution in [0.15, 0.2) is 48.8 Å². The molecule has 0 aliphatic rings. The molecule has 0 saturated carbocycles. The van der Waals surface area contributed by atoms with Gasteiger partial charge < -0.3 is 0 Å². The number of pyridine rings is 1. The molecule has 0 amide bonds. The quantitative estimate of drug-likeness (QED) is 0.717. The lowest BCUT2D eigenvalue weighted by molar-refractivity contribution is -0.137. The van der Waals surface area contributed by atoms with Crippen LogP contribution in [0.4, 0.5) is 13.2 Å². The van der Waals surface area contributed by atoms with E-state index in [-0.39, 0.29) is 5.56 Å². The molecule has 0 atom stereocenters. The number of benzene rings is 1. The van der Waals surface area contributed by atoms with Crippen molar-refractivity contribution in [2.24, 2.45) is 0 Å². The molecule has 0 fully saturated rings. The summed E-state index contributed by atoms with van der Waals surface area (Å²) in [5.41, 5.74) is -0.0125. The average Bonchev–Trinajstić information content (AvgIpc) is 2.29.